The summed E-state index contributed by atoms with van der Waals surface area (Å²) >= 11 is 0. The van der Waals surface area contributed by atoms with Crippen molar-refractivity contribution >= 4 is 23.5 Å². The summed E-state index contributed by atoms with van der Waals surface area (Å²) in [5.41, 5.74) is 1.20. The number of aliphatic carboxylic acids is 1. The first-order valence-corrected chi connectivity index (χ1v) is 8.65. The molecule has 1 atom stereocenters. The normalized spacial score (nSPS) is 14.7. The van der Waals surface area contributed by atoms with Crippen LogP contribution in [0, 0.1) is 0 Å². The monoisotopic (exact) mass is 368 g/mol. The predicted molar refractivity (Wildman–Crippen MR) is 98.5 cm³/mol. The SMILES string of the molecule is O=C(COc1cccc(N2CCCC2=O)c1)N[C@H](C(=O)O)c1ccccc1. The molecule has 1 fully saturated rings. The molecule has 2 aromatic rings. The Labute approximate surface area is 156 Å². The van der Waals surface area contributed by atoms with Gasteiger partial charge in [0.2, 0.25) is 5.91 Å². The Balaban J connectivity index is 1.60. The van der Waals surface area contributed by atoms with E-state index in [1.165, 1.54) is 0 Å². The maximum atomic E-state index is 12.1. The highest BCUT2D eigenvalue weighted by Crippen LogP contribution is 2.25. The van der Waals surface area contributed by atoms with E-state index in [9.17, 15) is 19.5 Å². The molecule has 0 unspecified atom stereocenters. The second-order valence-corrected chi connectivity index (χ2v) is 6.18. The Kier molecular flexibility index (Phi) is 5.71. The molecule has 1 aliphatic rings. The Morgan fingerprint density at radius 2 is 1.93 bits per heavy atom. The van der Waals surface area contributed by atoms with E-state index in [-0.39, 0.29) is 12.5 Å². The lowest BCUT2D eigenvalue weighted by Crippen LogP contribution is -2.36. The summed E-state index contributed by atoms with van der Waals surface area (Å²) in [7, 11) is 0. The molecule has 3 rings (SSSR count). The van der Waals surface area contributed by atoms with Gasteiger partial charge in [0.05, 0.1) is 0 Å². The van der Waals surface area contributed by atoms with Crippen molar-refractivity contribution in [3.05, 3.63) is 60.2 Å². The fourth-order valence-corrected chi connectivity index (χ4v) is 2.95. The number of nitrogens with zero attached hydrogens (tertiary/aromatic N) is 1. The highest BCUT2D eigenvalue weighted by Gasteiger charge is 2.23. The Morgan fingerprint density at radius 1 is 1.15 bits per heavy atom. The van der Waals surface area contributed by atoms with Gasteiger partial charge in [-0.3, -0.25) is 9.59 Å². The lowest BCUT2D eigenvalue weighted by Gasteiger charge is -2.17. The minimum Gasteiger partial charge on any atom is -0.484 e. The number of carbonyl (C=O) groups is 3. The summed E-state index contributed by atoms with van der Waals surface area (Å²) in [4.78, 5) is 37.1. The van der Waals surface area contributed by atoms with E-state index >= 15 is 0 Å². The number of hydrogen-bond donors (Lipinski definition) is 2. The Hall–Kier alpha value is -3.35. The number of hydrogen-bond acceptors (Lipinski definition) is 4. The van der Waals surface area contributed by atoms with Crippen molar-refractivity contribution in [2.45, 2.75) is 18.9 Å². The van der Waals surface area contributed by atoms with Gasteiger partial charge in [0.1, 0.15) is 5.75 Å². The lowest BCUT2D eigenvalue weighted by atomic mass is 10.1. The van der Waals surface area contributed by atoms with Crippen molar-refractivity contribution in [3.63, 3.8) is 0 Å². The van der Waals surface area contributed by atoms with Gasteiger partial charge in [0.25, 0.3) is 5.91 Å². The zero-order valence-corrected chi connectivity index (χ0v) is 14.6. The first-order valence-electron chi connectivity index (χ1n) is 8.65. The summed E-state index contributed by atoms with van der Waals surface area (Å²) in [6, 6.07) is 14.3. The van der Waals surface area contributed by atoms with Crippen molar-refractivity contribution < 1.29 is 24.2 Å². The standard InChI is InChI=1S/C20H20N2O5/c23-17(21-19(20(25)26)14-6-2-1-3-7-14)13-27-16-9-4-8-15(12-16)22-11-5-10-18(22)24/h1-4,6-9,12,19H,5,10-11,13H2,(H,21,23)(H,25,26)/t19-/m0/s1. The van der Waals surface area contributed by atoms with Crippen molar-refractivity contribution in [2.24, 2.45) is 0 Å². The molecular formula is C20H20N2O5. The number of carbonyl (C=O) groups excluding carboxylic acids is 2. The van der Waals surface area contributed by atoms with Gasteiger partial charge >= 0.3 is 5.97 Å². The maximum Gasteiger partial charge on any atom is 0.330 e. The molecule has 140 valence electrons. The van der Waals surface area contributed by atoms with Crippen LogP contribution in [0.4, 0.5) is 5.69 Å². The van der Waals surface area contributed by atoms with Gasteiger partial charge in [0.15, 0.2) is 12.6 Å². The molecule has 1 heterocycles. The Morgan fingerprint density at radius 3 is 2.59 bits per heavy atom. The molecule has 0 aromatic heterocycles. The number of ether oxygens (including phenoxy) is 1. The van der Waals surface area contributed by atoms with Gasteiger partial charge in [-0.2, -0.15) is 0 Å². The summed E-state index contributed by atoms with van der Waals surface area (Å²) < 4.78 is 5.48. The summed E-state index contributed by atoms with van der Waals surface area (Å²) in [6.07, 6.45) is 1.35. The molecule has 0 bridgehead atoms. The topological polar surface area (TPSA) is 95.9 Å². The summed E-state index contributed by atoms with van der Waals surface area (Å²) in [6.45, 7) is 0.341. The maximum absolute atomic E-state index is 12.1. The van der Waals surface area contributed by atoms with Crippen LogP contribution in [0.5, 0.6) is 5.75 Å². The quantitative estimate of drug-likeness (QED) is 0.781. The van der Waals surface area contributed by atoms with Crippen LogP contribution in [0.2, 0.25) is 0 Å². The molecule has 1 saturated heterocycles. The molecule has 0 aliphatic carbocycles. The first-order chi connectivity index (χ1) is 13.0. The number of nitrogens with one attached hydrogen (secondary N) is 1. The molecule has 27 heavy (non-hydrogen) atoms. The van der Waals surface area contributed by atoms with E-state index in [2.05, 4.69) is 5.32 Å². The third kappa shape index (κ3) is 4.63. The van der Waals surface area contributed by atoms with Crippen LogP contribution in [0.25, 0.3) is 0 Å². The molecule has 1 aliphatic heterocycles. The molecule has 7 nitrogen and oxygen atoms in total. The highest BCUT2D eigenvalue weighted by atomic mass is 16.5. The molecular weight excluding hydrogens is 348 g/mol. The largest absolute Gasteiger partial charge is 0.484 e. The highest BCUT2D eigenvalue weighted by molar-refractivity contribution is 5.95. The average molecular weight is 368 g/mol. The predicted octanol–water partition coefficient (Wildman–Crippen LogP) is 2.13. The third-order valence-electron chi connectivity index (χ3n) is 4.26. The summed E-state index contributed by atoms with van der Waals surface area (Å²) in [5, 5.41) is 11.8. The van der Waals surface area contributed by atoms with E-state index in [1.54, 1.807) is 53.4 Å². The number of benzene rings is 2. The van der Waals surface area contributed by atoms with Crippen LogP contribution in [-0.4, -0.2) is 36.0 Å². The van der Waals surface area contributed by atoms with Crippen LogP contribution in [-0.2, 0) is 14.4 Å². The van der Waals surface area contributed by atoms with Crippen LogP contribution in [0.3, 0.4) is 0 Å². The number of anilines is 1. The van der Waals surface area contributed by atoms with Crippen molar-refractivity contribution in [3.8, 4) is 5.75 Å². The molecule has 2 N–H and O–H groups in total. The number of amides is 2. The molecule has 0 spiro atoms. The van der Waals surface area contributed by atoms with E-state index in [0.717, 1.165) is 12.1 Å². The van der Waals surface area contributed by atoms with E-state index in [4.69, 9.17) is 4.74 Å². The zero-order chi connectivity index (χ0) is 19.2. The minimum atomic E-state index is -1.15. The van der Waals surface area contributed by atoms with Crippen LogP contribution in [0.15, 0.2) is 54.6 Å². The average Bonchev–Trinajstić information content (AvgIpc) is 3.11. The fraction of sp³-hybridized carbons (Fsp3) is 0.250. The second kappa shape index (κ2) is 8.35. The number of rotatable bonds is 7. The number of carboxylic acids is 1. The van der Waals surface area contributed by atoms with Crippen molar-refractivity contribution in [1.82, 2.24) is 5.32 Å². The number of carboxylic acid groups (broad SMARTS) is 1. The molecule has 2 amide bonds. The lowest BCUT2D eigenvalue weighted by molar-refractivity contribution is -0.142. The molecule has 7 heteroatoms. The van der Waals surface area contributed by atoms with Gasteiger partial charge in [-0.25, -0.2) is 4.79 Å². The van der Waals surface area contributed by atoms with Crippen LogP contribution >= 0.6 is 0 Å². The van der Waals surface area contributed by atoms with E-state index < -0.39 is 17.9 Å². The van der Waals surface area contributed by atoms with Gasteiger partial charge in [-0.05, 0) is 24.1 Å². The van der Waals surface area contributed by atoms with Crippen LogP contribution < -0.4 is 15.0 Å². The third-order valence-corrected chi connectivity index (χ3v) is 4.26. The molecule has 0 radical (unpaired) electrons. The molecule has 2 aromatic carbocycles. The van der Waals surface area contributed by atoms with Gasteiger partial charge in [0, 0.05) is 24.7 Å². The Bertz CT molecular complexity index is 837. The van der Waals surface area contributed by atoms with Crippen molar-refractivity contribution in [2.75, 3.05) is 18.1 Å². The first kappa shape index (κ1) is 18.4. The van der Waals surface area contributed by atoms with Gasteiger partial charge in [-0.1, -0.05) is 36.4 Å². The van der Waals surface area contributed by atoms with Crippen LogP contribution in [0.1, 0.15) is 24.4 Å². The van der Waals surface area contributed by atoms with E-state index in [0.29, 0.717) is 24.3 Å². The smallest absolute Gasteiger partial charge is 0.330 e. The van der Waals surface area contributed by atoms with Crippen molar-refractivity contribution in [1.29, 1.82) is 0 Å². The fourth-order valence-electron chi connectivity index (χ4n) is 2.95. The summed E-state index contributed by atoms with van der Waals surface area (Å²) in [5.74, 6) is -1.19. The second-order valence-electron chi connectivity index (χ2n) is 6.18. The molecule has 0 saturated carbocycles. The van der Waals surface area contributed by atoms with Gasteiger partial charge in [-0.15, -0.1) is 0 Å². The van der Waals surface area contributed by atoms with E-state index in [1.807, 2.05) is 6.07 Å². The van der Waals surface area contributed by atoms with Gasteiger partial charge < -0.3 is 20.1 Å². The minimum absolute atomic E-state index is 0.0667. The zero-order valence-electron chi connectivity index (χ0n) is 14.6.